The van der Waals surface area contributed by atoms with Crippen LogP contribution in [0.5, 0.6) is 0 Å². The van der Waals surface area contributed by atoms with Gasteiger partial charge in [-0.15, -0.1) is 11.3 Å². The van der Waals surface area contributed by atoms with Crippen molar-refractivity contribution in [3.8, 4) is 11.1 Å². The Morgan fingerprint density at radius 1 is 1.08 bits per heavy atom. The van der Waals surface area contributed by atoms with Crippen LogP contribution in [0.2, 0.25) is 0 Å². The van der Waals surface area contributed by atoms with Gasteiger partial charge in [0, 0.05) is 48.1 Å². The van der Waals surface area contributed by atoms with Gasteiger partial charge < -0.3 is 19.1 Å². The summed E-state index contributed by atoms with van der Waals surface area (Å²) in [6.07, 6.45) is 1.67. The SMILES string of the molecule is CCOC(=O)c1c(-n2c(C)cc(/C=C(/C#N)C(=O)N3CCN(c4ccccc4)CC3)c2C)sc(C)c1C. The van der Waals surface area contributed by atoms with Crippen LogP contribution >= 0.6 is 11.3 Å². The lowest BCUT2D eigenvalue weighted by Gasteiger charge is -2.36. The number of para-hydroxylation sites is 1. The van der Waals surface area contributed by atoms with Gasteiger partial charge in [-0.2, -0.15) is 5.26 Å². The monoisotopic (exact) mass is 516 g/mol. The summed E-state index contributed by atoms with van der Waals surface area (Å²) in [5, 5.41) is 10.7. The molecule has 192 valence electrons. The van der Waals surface area contributed by atoms with Crippen molar-refractivity contribution < 1.29 is 14.3 Å². The Bertz CT molecular complexity index is 1390. The first kappa shape index (κ1) is 26.2. The number of amides is 1. The van der Waals surface area contributed by atoms with E-state index in [1.807, 2.05) is 56.5 Å². The molecule has 3 heterocycles. The average molecular weight is 517 g/mol. The molecule has 2 aromatic heterocycles. The highest BCUT2D eigenvalue weighted by Crippen LogP contribution is 2.35. The van der Waals surface area contributed by atoms with Crippen LogP contribution < -0.4 is 4.90 Å². The molecular formula is C29H32N4O3S. The van der Waals surface area contributed by atoms with E-state index in [1.54, 1.807) is 17.9 Å². The number of hydrogen-bond donors (Lipinski definition) is 0. The number of thiophene rings is 1. The fourth-order valence-corrected chi connectivity index (χ4v) is 5.99. The van der Waals surface area contributed by atoms with E-state index in [2.05, 4.69) is 23.1 Å². The van der Waals surface area contributed by atoms with Crippen molar-refractivity contribution in [1.29, 1.82) is 5.26 Å². The van der Waals surface area contributed by atoms with Gasteiger partial charge in [0.15, 0.2) is 0 Å². The summed E-state index contributed by atoms with van der Waals surface area (Å²) in [5.74, 6) is -0.596. The van der Waals surface area contributed by atoms with Gasteiger partial charge in [0.25, 0.3) is 5.91 Å². The molecule has 3 aromatic rings. The molecule has 37 heavy (non-hydrogen) atoms. The highest BCUT2D eigenvalue weighted by molar-refractivity contribution is 7.15. The number of rotatable bonds is 6. The zero-order chi connectivity index (χ0) is 26.7. The second-order valence-corrected chi connectivity index (χ2v) is 10.3. The summed E-state index contributed by atoms with van der Waals surface area (Å²) in [7, 11) is 0. The van der Waals surface area contributed by atoms with E-state index in [4.69, 9.17) is 4.74 Å². The second-order valence-electron chi connectivity index (χ2n) is 9.13. The first-order chi connectivity index (χ1) is 17.8. The van der Waals surface area contributed by atoms with E-state index in [0.29, 0.717) is 25.3 Å². The lowest BCUT2D eigenvalue weighted by molar-refractivity contribution is -0.126. The van der Waals surface area contributed by atoms with E-state index >= 15 is 0 Å². The molecule has 0 N–H and O–H groups in total. The van der Waals surface area contributed by atoms with Crippen LogP contribution in [0.15, 0.2) is 42.0 Å². The third-order valence-electron chi connectivity index (χ3n) is 6.86. The molecular weight excluding hydrogens is 484 g/mol. The topological polar surface area (TPSA) is 78.6 Å². The Morgan fingerprint density at radius 3 is 2.38 bits per heavy atom. The highest BCUT2D eigenvalue weighted by Gasteiger charge is 2.26. The number of ether oxygens (including phenoxy) is 1. The maximum atomic E-state index is 13.3. The van der Waals surface area contributed by atoms with Gasteiger partial charge in [-0.25, -0.2) is 4.79 Å². The third-order valence-corrected chi connectivity index (χ3v) is 8.05. The lowest BCUT2D eigenvalue weighted by Crippen LogP contribution is -2.49. The minimum Gasteiger partial charge on any atom is -0.462 e. The van der Waals surface area contributed by atoms with Crippen molar-refractivity contribution >= 4 is 35.0 Å². The molecule has 1 aliphatic heterocycles. The smallest absolute Gasteiger partial charge is 0.341 e. The lowest BCUT2D eigenvalue weighted by atomic mass is 10.1. The Labute approximate surface area is 222 Å². The van der Waals surface area contributed by atoms with Crippen molar-refractivity contribution in [1.82, 2.24) is 9.47 Å². The van der Waals surface area contributed by atoms with Crippen LogP contribution in [0.4, 0.5) is 5.69 Å². The summed E-state index contributed by atoms with van der Waals surface area (Å²) >= 11 is 1.54. The first-order valence-corrected chi connectivity index (χ1v) is 13.3. The van der Waals surface area contributed by atoms with E-state index < -0.39 is 0 Å². The number of anilines is 1. The van der Waals surface area contributed by atoms with Gasteiger partial charge in [-0.3, -0.25) is 4.79 Å². The number of aromatic nitrogens is 1. The highest BCUT2D eigenvalue weighted by atomic mass is 32.1. The molecule has 1 fully saturated rings. The molecule has 8 heteroatoms. The molecule has 1 aliphatic rings. The van der Waals surface area contributed by atoms with Crippen molar-refractivity contribution in [3.63, 3.8) is 0 Å². The van der Waals surface area contributed by atoms with Gasteiger partial charge in [0.1, 0.15) is 16.6 Å². The molecule has 1 saturated heterocycles. The van der Waals surface area contributed by atoms with Crippen LogP contribution in [0.1, 0.15) is 44.7 Å². The Morgan fingerprint density at radius 2 is 1.76 bits per heavy atom. The number of hydrogen-bond acceptors (Lipinski definition) is 6. The number of esters is 1. The van der Waals surface area contributed by atoms with Crippen molar-refractivity contribution in [2.75, 3.05) is 37.7 Å². The van der Waals surface area contributed by atoms with Crippen LogP contribution in [-0.2, 0) is 9.53 Å². The summed E-state index contributed by atoms with van der Waals surface area (Å²) in [6, 6.07) is 14.2. The largest absolute Gasteiger partial charge is 0.462 e. The maximum absolute atomic E-state index is 13.3. The molecule has 1 amide bonds. The van der Waals surface area contributed by atoms with Crippen LogP contribution in [-0.4, -0.2) is 54.1 Å². The standard InChI is InChI=1S/C29H32N4O3S/c1-6-36-29(35)26-20(3)22(5)37-28(26)33-19(2)16-23(21(33)4)17-24(18-30)27(34)32-14-12-31(13-15-32)25-10-8-7-9-11-25/h7-11,16-17H,6,12-15H2,1-5H3/b24-17-. The number of benzene rings is 1. The summed E-state index contributed by atoms with van der Waals surface area (Å²) < 4.78 is 7.35. The molecule has 0 aliphatic carbocycles. The van der Waals surface area contributed by atoms with Crippen LogP contribution in [0.3, 0.4) is 0 Å². The molecule has 4 rings (SSSR count). The van der Waals surface area contributed by atoms with Crippen molar-refractivity contribution in [3.05, 3.63) is 74.9 Å². The van der Waals surface area contributed by atoms with Crippen LogP contribution in [0, 0.1) is 39.0 Å². The molecule has 1 aromatic carbocycles. The number of nitriles is 1. The summed E-state index contributed by atoms with van der Waals surface area (Å²) in [6.45, 7) is 12.5. The summed E-state index contributed by atoms with van der Waals surface area (Å²) in [4.78, 5) is 31.1. The molecule has 7 nitrogen and oxygen atoms in total. The fraction of sp³-hybridized carbons (Fsp3) is 0.345. The number of piperazine rings is 1. The molecule has 0 bridgehead atoms. The van der Waals surface area contributed by atoms with Gasteiger partial charge in [-0.05, 0) is 70.0 Å². The molecule has 0 unspecified atom stereocenters. The number of carbonyl (C=O) groups is 2. The average Bonchev–Trinajstić information content (AvgIpc) is 3.35. The van der Waals surface area contributed by atoms with E-state index in [9.17, 15) is 14.9 Å². The van der Waals surface area contributed by atoms with E-state index in [0.717, 1.165) is 51.2 Å². The molecule has 0 atom stereocenters. The first-order valence-electron chi connectivity index (χ1n) is 12.4. The van der Waals surface area contributed by atoms with Gasteiger partial charge in [0.05, 0.1) is 12.2 Å². The zero-order valence-corrected chi connectivity index (χ0v) is 22.8. The number of nitrogens with zero attached hydrogens (tertiary/aromatic N) is 4. The molecule has 0 spiro atoms. The number of carbonyl (C=O) groups excluding carboxylic acids is 2. The van der Waals surface area contributed by atoms with E-state index in [-0.39, 0.29) is 17.4 Å². The molecule has 0 radical (unpaired) electrons. The van der Waals surface area contributed by atoms with Gasteiger partial charge in [0.2, 0.25) is 0 Å². The minimum absolute atomic E-state index is 0.109. The molecule has 0 saturated carbocycles. The Hall–Kier alpha value is -3.83. The van der Waals surface area contributed by atoms with Gasteiger partial charge in [-0.1, -0.05) is 18.2 Å². The van der Waals surface area contributed by atoms with Crippen LogP contribution in [0.25, 0.3) is 11.1 Å². The van der Waals surface area contributed by atoms with Gasteiger partial charge >= 0.3 is 5.97 Å². The second kappa shape index (κ2) is 11.1. The maximum Gasteiger partial charge on any atom is 0.341 e. The zero-order valence-electron chi connectivity index (χ0n) is 22.0. The fourth-order valence-electron chi connectivity index (χ4n) is 4.73. The van der Waals surface area contributed by atoms with Crippen molar-refractivity contribution in [2.45, 2.75) is 34.6 Å². The predicted octanol–water partition coefficient (Wildman–Crippen LogP) is 5.20. The quantitative estimate of drug-likeness (QED) is 0.255. The minimum atomic E-state index is -0.341. The van der Waals surface area contributed by atoms with Crippen molar-refractivity contribution in [2.24, 2.45) is 0 Å². The predicted molar refractivity (Wildman–Crippen MR) is 147 cm³/mol. The normalized spacial score (nSPS) is 14.0. The Balaban J connectivity index is 1.60. The third kappa shape index (κ3) is 5.18. The van der Waals surface area contributed by atoms with E-state index in [1.165, 1.54) is 11.3 Å². The number of aryl methyl sites for hydroxylation is 2. The Kier molecular flexibility index (Phi) is 7.84. The summed E-state index contributed by atoms with van der Waals surface area (Å²) in [5.41, 5.74) is 5.27.